The van der Waals surface area contributed by atoms with E-state index in [9.17, 15) is 10.2 Å². The number of hydrogen-bond acceptors (Lipinski definition) is 4. The van der Waals surface area contributed by atoms with E-state index in [4.69, 9.17) is 9.84 Å². The lowest BCUT2D eigenvalue weighted by Crippen LogP contribution is -2.28. The van der Waals surface area contributed by atoms with Crippen LogP contribution in [-0.4, -0.2) is 33.5 Å². The zero-order chi connectivity index (χ0) is 20.5. The predicted octanol–water partition coefficient (Wildman–Crippen LogP) is 5.16. The van der Waals surface area contributed by atoms with Gasteiger partial charge < -0.3 is 20.1 Å². The summed E-state index contributed by atoms with van der Waals surface area (Å²) < 4.78 is 4.85. The highest BCUT2D eigenvalue weighted by molar-refractivity contribution is 5.08. The van der Waals surface area contributed by atoms with Gasteiger partial charge in [-0.05, 0) is 37.5 Å². The van der Waals surface area contributed by atoms with Crippen molar-refractivity contribution < 1.29 is 20.1 Å². The van der Waals surface area contributed by atoms with Crippen molar-refractivity contribution in [3.63, 3.8) is 0 Å². The smallest absolute Gasteiger partial charge is 0.248 e. The molecule has 3 N–H and O–H groups in total. The predicted molar refractivity (Wildman–Crippen MR) is 111 cm³/mol. The summed E-state index contributed by atoms with van der Waals surface area (Å²) in [6, 6.07) is 0. The highest BCUT2D eigenvalue weighted by Crippen LogP contribution is 2.46. The summed E-state index contributed by atoms with van der Waals surface area (Å²) in [5, 5.41) is 28.6. The molecule has 1 heterocycles. The van der Waals surface area contributed by atoms with Gasteiger partial charge in [-0.2, -0.15) is 0 Å². The lowest BCUT2D eigenvalue weighted by molar-refractivity contribution is -0.0222. The quantitative estimate of drug-likeness (QED) is 0.269. The van der Waals surface area contributed by atoms with Gasteiger partial charge in [-0.15, -0.1) is 0 Å². The first-order chi connectivity index (χ1) is 12.6. The lowest BCUT2D eigenvalue weighted by Gasteiger charge is -2.15. The van der Waals surface area contributed by atoms with Crippen molar-refractivity contribution in [1.29, 1.82) is 0 Å². The number of rotatable bonds is 15. The Morgan fingerprint density at radius 3 is 1.85 bits per heavy atom. The Labute approximate surface area is 167 Å². The van der Waals surface area contributed by atoms with Gasteiger partial charge in [-0.1, -0.05) is 84.3 Å². The number of aliphatic hydroxyl groups is 3. The van der Waals surface area contributed by atoms with Crippen LogP contribution in [0.25, 0.3) is 0 Å². The fraction of sp³-hybridized carbons (Fsp3) is 0.913. The van der Waals surface area contributed by atoms with Gasteiger partial charge in [0.15, 0.2) is 0 Å². The molecule has 0 radical (unpaired) electrons. The molecule has 0 aliphatic carbocycles. The Kier molecular flexibility index (Phi) is 10.5. The molecule has 27 heavy (non-hydrogen) atoms. The molecule has 1 rings (SSSR count). The van der Waals surface area contributed by atoms with E-state index in [1.54, 1.807) is 0 Å². The normalized spacial score (nSPS) is 27.8. The Balaban J connectivity index is 2.08. The zero-order valence-electron chi connectivity index (χ0n) is 18.3. The molecule has 0 bridgehead atoms. The van der Waals surface area contributed by atoms with E-state index in [1.165, 1.54) is 50.5 Å². The third-order valence-electron chi connectivity index (χ3n) is 5.99. The molecule has 0 aromatic heterocycles. The van der Waals surface area contributed by atoms with E-state index < -0.39 is 18.2 Å². The largest absolute Gasteiger partial charge is 0.391 e. The van der Waals surface area contributed by atoms with Crippen LogP contribution in [0.2, 0.25) is 0 Å². The molecule has 1 fully saturated rings. The van der Waals surface area contributed by atoms with E-state index in [-0.39, 0.29) is 6.42 Å². The number of allylic oxidation sites excluding steroid dienone is 1. The molecule has 4 nitrogen and oxygen atoms in total. The molecule has 4 atom stereocenters. The summed E-state index contributed by atoms with van der Waals surface area (Å²) in [6.07, 6.45) is 13.6. The van der Waals surface area contributed by atoms with Crippen molar-refractivity contribution >= 4 is 0 Å². The summed E-state index contributed by atoms with van der Waals surface area (Å²) in [5.41, 5.74) is 1.20. The molecule has 1 aliphatic rings. The van der Waals surface area contributed by atoms with Crippen LogP contribution in [-0.2, 0) is 4.74 Å². The number of epoxide rings is 1. The second-order valence-corrected chi connectivity index (χ2v) is 9.44. The minimum atomic E-state index is -1.77. The van der Waals surface area contributed by atoms with Gasteiger partial charge in [0.1, 0.15) is 6.61 Å². The molecular formula is C23H44O4. The maximum atomic E-state index is 9.96. The van der Waals surface area contributed by atoms with Gasteiger partial charge in [-0.25, -0.2) is 0 Å². The highest BCUT2D eigenvalue weighted by Gasteiger charge is 2.68. The third kappa shape index (κ3) is 9.08. The van der Waals surface area contributed by atoms with Crippen molar-refractivity contribution in [1.82, 2.24) is 0 Å². The average molecular weight is 385 g/mol. The van der Waals surface area contributed by atoms with Crippen molar-refractivity contribution in [2.24, 2.45) is 17.8 Å². The topological polar surface area (TPSA) is 73.2 Å². The Hall–Kier alpha value is -0.420. The molecule has 4 unspecified atom stereocenters. The van der Waals surface area contributed by atoms with Crippen LogP contribution in [0, 0.1) is 17.8 Å². The highest BCUT2D eigenvalue weighted by atomic mass is 16.8. The van der Waals surface area contributed by atoms with Gasteiger partial charge >= 0.3 is 0 Å². The standard InChI is InChI=1S/C23H44O4/c1-18(2)9-6-10-19(3)11-7-12-20(4)13-8-14-21(5)15-16-22(25)23(26,17-24)27-22/h15,18-20,24-26H,6-14,16-17H2,1-5H3/b21-15+. The molecule has 0 aromatic carbocycles. The van der Waals surface area contributed by atoms with Gasteiger partial charge in [-0.3, -0.25) is 0 Å². The SMILES string of the molecule is C/C(=C\CC1(O)OC1(O)CO)CCCC(C)CCCC(C)CCCC(C)C. The second kappa shape index (κ2) is 11.5. The minimum Gasteiger partial charge on any atom is -0.391 e. The third-order valence-corrected chi connectivity index (χ3v) is 5.99. The van der Waals surface area contributed by atoms with E-state index >= 15 is 0 Å². The van der Waals surface area contributed by atoms with Gasteiger partial charge in [0.2, 0.25) is 11.6 Å². The second-order valence-electron chi connectivity index (χ2n) is 9.44. The fourth-order valence-corrected chi connectivity index (χ4v) is 3.73. The van der Waals surface area contributed by atoms with Crippen LogP contribution in [0.5, 0.6) is 0 Å². The molecule has 0 saturated carbocycles. The van der Waals surface area contributed by atoms with Crippen LogP contribution in [0.1, 0.15) is 98.8 Å². The van der Waals surface area contributed by atoms with E-state index in [2.05, 4.69) is 27.7 Å². The van der Waals surface area contributed by atoms with Crippen LogP contribution in [0.4, 0.5) is 0 Å². The molecule has 0 amide bonds. The van der Waals surface area contributed by atoms with Gasteiger partial charge in [0, 0.05) is 6.42 Å². The Morgan fingerprint density at radius 1 is 0.852 bits per heavy atom. The molecule has 4 heteroatoms. The molecule has 1 saturated heterocycles. The van der Waals surface area contributed by atoms with Gasteiger partial charge in [0.05, 0.1) is 0 Å². The first-order valence-corrected chi connectivity index (χ1v) is 11.0. The molecule has 160 valence electrons. The first-order valence-electron chi connectivity index (χ1n) is 11.0. The van der Waals surface area contributed by atoms with E-state index in [1.807, 2.05) is 13.0 Å². The average Bonchev–Trinajstić information content (AvgIpc) is 3.15. The molecule has 0 spiro atoms. The van der Waals surface area contributed by atoms with Crippen molar-refractivity contribution in [2.45, 2.75) is 110 Å². The Morgan fingerprint density at radius 2 is 1.37 bits per heavy atom. The zero-order valence-corrected chi connectivity index (χ0v) is 18.3. The monoisotopic (exact) mass is 384 g/mol. The van der Waals surface area contributed by atoms with E-state index in [0.29, 0.717) is 0 Å². The summed E-state index contributed by atoms with van der Waals surface area (Å²) in [4.78, 5) is 0. The number of hydrogen-bond donors (Lipinski definition) is 3. The maximum absolute atomic E-state index is 9.96. The molecular weight excluding hydrogens is 340 g/mol. The van der Waals surface area contributed by atoms with Crippen LogP contribution in [0.3, 0.4) is 0 Å². The van der Waals surface area contributed by atoms with Gasteiger partial charge in [0.25, 0.3) is 0 Å². The lowest BCUT2D eigenvalue weighted by atomic mass is 9.91. The van der Waals surface area contributed by atoms with Crippen LogP contribution < -0.4 is 0 Å². The fourth-order valence-electron chi connectivity index (χ4n) is 3.73. The van der Waals surface area contributed by atoms with Crippen LogP contribution >= 0.6 is 0 Å². The first kappa shape index (κ1) is 24.6. The summed E-state index contributed by atoms with van der Waals surface area (Å²) in [5.74, 6) is -0.938. The molecule has 1 aliphatic heterocycles. The maximum Gasteiger partial charge on any atom is 0.248 e. The van der Waals surface area contributed by atoms with Crippen molar-refractivity contribution in [3.05, 3.63) is 11.6 Å². The van der Waals surface area contributed by atoms with Crippen molar-refractivity contribution in [2.75, 3.05) is 6.61 Å². The number of ether oxygens (including phenoxy) is 1. The van der Waals surface area contributed by atoms with Crippen LogP contribution in [0.15, 0.2) is 11.6 Å². The minimum absolute atomic E-state index is 0.222. The summed E-state index contributed by atoms with van der Waals surface area (Å²) in [6.45, 7) is 10.8. The Bertz CT molecular complexity index is 448. The summed E-state index contributed by atoms with van der Waals surface area (Å²) in [7, 11) is 0. The van der Waals surface area contributed by atoms with Crippen molar-refractivity contribution in [3.8, 4) is 0 Å². The molecule has 0 aromatic rings. The van der Waals surface area contributed by atoms with E-state index in [0.717, 1.165) is 30.6 Å². The summed E-state index contributed by atoms with van der Waals surface area (Å²) >= 11 is 0. The number of aliphatic hydroxyl groups excluding tert-OH is 1.